The molecule has 0 saturated heterocycles. The first kappa shape index (κ1) is 13.2. The van der Waals surface area contributed by atoms with Crippen molar-refractivity contribution in [3.05, 3.63) is 60.2 Å². The summed E-state index contributed by atoms with van der Waals surface area (Å²) in [6.45, 7) is 4.59. The Bertz CT molecular complexity index is 604. The predicted molar refractivity (Wildman–Crippen MR) is 80.1 cm³/mol. The van der Waals surface area contributed by atoms with Gasteiger partial charge >= 0.3 is 0 Å². The molecule has 0 amide bonds. The van der Waals surface area contributed by atoms with Crippen LogP contribution in [0.5, 0.6) is 11.5 Å². The zero-order chi connectivity index (χ0) is 14.2. The molecule has 2 nitrogen and oxygen atoms in total. The van der Waals surface area contributed by atoms with Crippen LogP contribution in [-0.2, 0) is 5.41 Å². The summed E-state index contributed by atoms with van der Waals surface area (Å²) in [5.74, 6) is 1.65. The molecular formula is C18H20O2. The van der Waals surface area contributed by atoms with Crippen LogP contribution in [0.15, 0.2) is 54.6 Å². The van der Waals surface area contributed by atoms with Gasteiger partial charge in [0.15, 0.2) is 0 Å². The minimum Gasteiger partial charge on any atom is -0.457 e. The molecule has 2 aromatic rings. The molecule has 1 saturated carbocycles. The second kappa shape index (κ2) is 4.64. The van der Waals surface area contributed by atoms with Gasteiger partial charge in [0, 0.05) is 5.41 Å². The second-order valence-corrected chi connectivity index (χ2v) is 6.24. The minimum absolute atomic E-state index is 0.108. The highest BCUT2D eigenvalue weighted by Crippen LogP contribution is 2.64. The van der Waals surface area contributed by atoms with Gasteiger partial charge in [-0.1, -0.05) is 44.2 Å². The van der Waals surface area contributed by atoms with Crippen molar-refractivity contribution in [2.24, 2.45) is 5.41 Å². The van der Waals surface area contributed by atoms with E-state index < -0.39 is 0 Å². The normalized spacial score (nSPS) is 23.4. The van der Waals surface area contributed by atoms with Crippen molar-refractivity contribution in [1.82, 2.24) is 0 Å². The molecule has 20 heavy (non-hydrogen) atoms. The van der Waals surface area contributed by atoms with Gasteiger partial charge in [-0.3, -0.25) is 0 Å². The van der Waals surface area contributed by atoms with Crippen LogP contribution in [-0.4, -0.2) is 11.7 Å². The first-order valence-electron chi connectivity index (χ1n) is 7.02. The number of rotatable bonds is 4. The Kier molecular flexibility index (Phi) is 3.06. The van der Waals surface area contributed by atoms with Gasteiger partial charge in [-0.25, -0.2) is 0 Å². The Labute approximate surface area is 120 Å². The van der Waals surface area contributed by atoms with Gasteiger partial charge in [-0.05, 0) is 41.7 Å². The largest absolute Gasteiger partial charge is 0.457 e. The molecule has 0 heterocycles. The van der Waals surface area contributed by atoms with Crippen LogP contribution in [0.3, 0.4) is 0 Å². The molecule has 2 heteroatoms. The molecule has 1 fully saturated rings. The van der Waals surface area contributed by atoms with Gasteiger partial charge in [0.05, 0.1) is 6.61 Å². The van der Waals surface area contributed by atoms with Crippen molar-refractivity contribution in [3.63, 3.8) is 0 Å². The molecule has 0 spiro atoms. The van der Waals surface area contributed by atoms with E-state index in [1.54, 1.807) is 0 Å². The van der Waals surface area contributed by atoms with Crippen molar-refractivity contribution in [2.75, 3.05) is 6.61 Å². The maximum atomic E-state index is 9.79. The van der Waals surface area contributed by atoms with Crippen molar-refractivity contribution < 1.29 is 9.84 Å². The number of aliphatic hydroxyl groups is 1. The average Bonchev–Trinajstić information content (AvgIpc) is 3.04. The fourth-order valence-electron chi connectivity index (χ4n) is 3.05. The van der Waals surface area contributed by atoms with Crippen LogP contribution in [0, 0.1) is 5.41 Å². The maximum Gasteiger partial charge on any atom is 0.127 e. The quantitative estimate of drug-likeness (QED) is 0.903. The Hall–Kier alpha value is -1.80. The average molecular weight is 268 g/mol. The molecule has 3 rings (SSSR count). The van der Waals surface area contributed by atoms with Crippen LogP contribution < -0.4 is 4.74 Å². The summed E-state index contributed by atoms with van der Waals surface area (Å²) in [5.41, 5.74) is 1.22. The van der Waals surface area contributed by atoms with E-state index in [4.69, 9.17) is 4.74 Å². The lowest BCUT2D eigenvalue weighted by atomic mass is 9.88. The topological polar surface area (TPSA) is 29.5 Å². The van der Waals surface area contributed by atoms with Gasteiger partial charge in [0.2, 0.25) is 0 Å². The molecule has 0 bridgehead atoms. The number of ether oxygens (including phenoxy) is 1. The zero-order valence-electron chi connectivity index (χ0n) is 12.0. The van der Waals surface area contributed by atoms with Crippen LogP contribution in [0.1, 0.15) is 25.8 Å². The number of aliphatic hydroxyl groups excluding tert-OH is 1. The van der Waals surface area contributed by atoms with Gasteiger partial charge in [-0.2, -0.15) is 0 Å². The van der Waals surface area contributed by atoms with Gasteiger partial charge in [-0.15, -0.1) is 0 Å². The molecule has 1 atom stereocenters. The Morgan fingerprint density at radius 3 is 2.25 bits per heavy atom. The van der Waals surface area contributed by atoms with Crippen LogP contribution in [0.25, 0.3) is 0 Å². The molecule has 0 aromatic heterocycles. The molecule has 1 unspecified atom stereocenters. The van der Waals surface area contributed by atoms with E-state index in [0.29, 0.717) is 0 Å². The lowest BCUT2D eigenvalue weighted by Gasteiger charge is -2.19. The molecular weight excluding hydrogens is 248 g/mol. The third-order valence-electron chi connectivity index (χ3n) is 4.55. The number of hydrogen-bond donors (Lipinski definition) is 1. The summed E-state index contributed by atoms with van der Waals surface area (Å²) in [7, 11) is 0. The van der Waals surface area contributed by atoms with E-state index in [2.05, 4.69) is 26.0 Å². The highest BCUT2D eigenvalue weighted by atomic mass is 16.5. The van der Waals surface area contributed by atoms with Crippen LogP contribution >= 0.6 is 0 Å². The van der Waals surface area contributed by atoms with E-state index in [1.165, 1.54) is 5.56 Å². The molecule has 104 valence electrons. The number of benzene rings is 2. The van der Waals surface area contributed by atoms with E-state index in [-0.39, 0.29) is 17.4 Å². The lowest BCUT2D eigenvalue weighted by molar-refractivity contribution is 0.231. The molecule has 2 aromatic carbocycles. The minimum atomic E-state index is -0.108. The fraction of sp³-hybridized carbons (Fsp3) is 0.333. The van der Waals surface area contributed by atoms with Crippen molar-refractivity contribution in [3.8, 4) is 11.5 Å². The summed E-state index contributed by atoms with van der Waals surface area (Å²) < 4.78 is 5.87. The Morgan fingerprint density at radius 1 is 1.00 bits per heavy atom. The predicted octanol–water partition coefficient (Wildman–Crippen LogP) is 4.14. The van der Waals surface area contributed by atoms with E-state index in [0.717, 1.165) is 17.9 Å². The monoisotopic (exact) mass is 268 g/mol. The summed E-state index contributed by atoms with van der Waals surface area (Å²) in [5, 5.41) is 9.79. The summed E-state index contributed by atoms with van der Waals surface area (Å²) in [6.07, 6.45) is 1.02. The third-order valence-corrected chi connectivity index (χ3v) is 4.55. The van der Waals surface area contributed by atoms with Crippen LogP contribution in [0.2, 0.25) is 0 Å². The standard InChI is InChI=1S/C18H20O2/c1-17(2)12-18(17,13-19)14-7-6-10-16(11-14)20-15-8-4-3-5-9-15/h3-11,19H,12-13H2,1-2H3. The summed E-state index contributed by atoms with van der Waals surface area (Å²) >= 11 is 0. The van der Waals surface area contributed by atoms with Gasteiger partial charge in [0.25, 0.3) is 0 Å². The molecule has 1 N–H and O–H groups in total. The maximum absolute atomic E-state index is 9.79. The second-order valence-electron chi connectivity index (χ2n) is 6.24. The molecule has 1 aliphatic carbocycles. The summed E-state index contributed by atoms with van der Waals surface area (Å²) in [6, 6.07) is 17.9. The Balaban J connectivity index is 1.88. The first-order valence-corrected chi connectivity index (χ1v) is 7.02. The third kappa shape index (κ3) is 2.10. The Morgan fingerprint density at radius 2 is 1.65 bits per heavy atom. The van der Waals surface area contributed by atoms with Crippen molar-refractivity contribution in [2.45, 2.75) is 25.7 Å². The van der Waals surface area contributed by atoms with E-state index in [1.807, 2.05) is 42.5 Å². The molecule has 1 aliphatic rings. The van der Waals surface area contributed by atoms with E-state index >= 15 is 0 Å². The van der Waals surface area contributed by atoms with Crippen molar-refractivity contribution >= 4 is 0 Å². The molecule has 0 radical (unpaired) electrons. The van der Waals surface area contributed by atoms with Crippen molar-refractivity contribution in [1.29, 1.82) is 0 Å². The number of hydrogen-bond acceptors (Lipinski definition) is 2. The van der Waals surface area contributed by atoms with Gasteiger partial charge < -0.3 is 9.84 Å². The summed E-state index contributed by atoms with van der Waals surface area (Å²) in [4.78, 5) is 0. The number of para-hydroxylation sites is 1. The first-order chi connectivity index (χ1) is 9.57. The zero-order valence-corrected chi connectivity index (χ0v) is 12.0. The fourth-order valence-corrected chi connectivity index (χ4v) is 3.05. The molecule has 0 aliphatic heterocycles. The smallest absolute Gasteiger partial charge is 0.127 e. The van der Waals surface area contributed by atoms with Gasteiger partial charge in [0.1, 0.15) is 11.5 Å². The lowest BCUT2D eigenvalue weighted by Crippen LogP contribution is -2.19. The van der Waals surface area contributed by atoms with E-state index in [9.17, 15) is 5.11 Å². The van der Waals surface area contributed by atoms with Crippen LogP contribution in [0.4, 0.5) is 0 Å². The highest BCUT2D eigenvalue weighted by Gasteiger charge is 2.61. The highest BCUT2D eigenvalue weighted by molar-refractivity contribution is 5.42. The SMILES string of the molecule is CC1(C)CC1(CO)c1cccc(Oc2ccccc2)c1.